The van der Waals surface area contributed by atoms with Gasteiger partial charge in [0.2, 0.25) is 11.7 Å². The zero-order valence-corrected chi connectivity index (χ0v) is 18.4. The number of hydrogen-bond donors (Lipinski definition) is 1. The zero-order chi connectivity index (χ0) is 22.8. The van der Waals surface area contributed by atoms with Crippen molar-refractivity contribution in [3.63, 3.8) is 0 Å². The fraction of sp³-hybridized carbons (Fsp3) is 0.304. The van der Waals surface area contributed by atoms with Gasteiger partial charge in [-0.15, -0.1) is 11.8 Å². The smallest absolute Gasteiger partial charge is 0.407 e. The maximum absolute atomic E-state index is 13.1. The van der Waals surface area contributed by atoms with Crippen LogP contribution in [-0.4, -0.2) is 58.0 Å². The van der Waals surface area contributed by atoms with Crippen molar-refractivity contribution in [1.82, 2.24) is 20.4 Å². The molecule has 0 bridgehead atoms. The third-order valence-corrected chi connectivity index (χ3v) is 6.88. The number of amides is 2. The van der Waals surface area contributed by atoms with Crippen LogP contribution in [0.4, 0.5) is 9.18 Å². The highest BCUT2D eigenvalue weighted by molar-refractivity contribution is 8.00. The molecule has 33 heavy (non-hydrogen) atoms. The van der Waals surface area contributed by atoms with Crippen molar-refractivity contribution in [2.45, 2.75) is 23.3 Å². The molecule has 0 radical (unpaired) electrons. The lowest BCUT2D eigenvalue weighted by molar-refractivity contribution is -0.131. The first-order valence-electron chi connectivity index (χ1n) is 10.6. The van der Waals surface area contributed by atoms with E-state index in [9.17, 15) is 14.0 Å². The third kappa shape index (κ3) is 4.70. The Morgan fingerprint density at radius 3 is 2.45 bits per heavy atom. The number of alkyl carbamates (subject to hydrolysis) is 1. The topological polar surface area (TPSA) is 97.6 Å². The summed E-state index contributed by atoms with van der Waals surface area (Å²) >= 11 is 1.46. The number of hydrogen-bond acceptors (Lipinski definition) is 7. The van der Waals surface area contributed by atoms with Crippen LogP contribution in [0, 0.1) is 5.82 Å². The van der Waals surface area contributed by atoms with Crippen LogP contribution in [0.15, 0.2) is 57.9 Å². The molecule has 2 aliphatic heterocycles. The van der Waals surface area contributed by atoms with Crippen LogP contribution >= 0.6 is 11.8 Å². The summed E-state index contributed by atoms with van der Waals surface area (Å²) in [5, 5.41) is 6.66. The summed E-state index contributed by atoms with van der Waals surface area (Å²) < 4.78 is 23.8. The van der Waals surface area contributed by atoms with Crippen LogP contribution in [0.1, 0.15) is 12.8 Å². The first kappa shape index (κ1) is 21.4. The van der Waals surface area contributed by atoms with Gasteiger partial charge in [0.1, 0.15) is 11.4 Å². The second kappa shape index (κ2) is 8.86. The Labute approximate surface area is 193 Å². The Balaban J connectivity index is 1.14. The summed E-state index contributed by atoms with van der Waals surface area (Å²) in [4.78, 5) is 31.1. The number of nitrogens with one attached hydrogen (secondary N) is 1. The van der Waals surface area contributed by atoms with Crippen LogP contribution in [-0.2, 0) is 9.53 Å². The number of carbonyl (C=O) groups excluding carboxylic acids is 2. The second-order valence-electron chi connectivity index (χ2n) is 8.05. The lowest BCUT2D eigenvalue weighted by atomic mass is 9.92. The molecular formula is C23H21FN4O4S. The average Bonchev–Trinajstić information content (AvgIpc) is 3.46. The van der Waals surface area contributed by atoms with Gasteiger partial charge in [0.05, 0.1) is 12.3 Å². The summed E-state index contributed by atoms with van der Waals surface area (Å²) in [5.74, 6) is 0.832. The molecule has 2 aromatic carbocycles. The minimum absolute atomic E-state index is 0.0667. The Bertz CT molecular complexity index is 1160. The number of thioether (sulfide) groups is 1. The van der Waals surface area contributed by atoms with E-state index in [1.54, 1.807) is 12.1 Å². The van der Waals surface area contributed by atoms with Gasteiger partial charge in [0, 0.05) is 42.0 Å². The molecule has 0 unspecified atom stereocenters. The monoisotopic (exact) mass is 468 g/mol. The van der Waals surface area contributed by atoms with Gasteiger partial charge in [-0.1, -0.05) is 5.16 Å². The fourth-order valence-electron chi connectivity index (χ4n) is 3.93. The van der Waals surface area contributed by atoms with Crippen molar-refractivity contribution in [1.29, 1.82) is 0 Å². The molecule has 1 aromatic heterocycles. The molecule has 2 fully saturated rings. The van der Waals surface area contributed by atoms with Crippen molar-refractivity contribution in [2.24, 2.45) is 0 Å². The van der Waals surface area contributed by atoms with E-state index in [0.29, 0.717) is 55.5 Å². The SMILES string of the molecule is O=C1NCC2(CCN(C(=O)CSc3ccc(-c4nc(-c5ccc(F)cc5)no4)cc3)CC2)O1. The molecular weight excluding hydrogens is 447 g/mol. The van der Waals surface area contributed by atoms with Crippen LogP contribution in [0.2, 0.25) is 0 Å². The van der Waals surface area contributed by atoms with E-state index in [1.807, 2.05) is 29.2 Å². The highest BCUT2D eigenvalue weighted by Gasteiger charge is 2.43. The summed E-state index contributed by atoms with van der Waals surface area (Å²) in [5.41, 5.74) is 0.970. The van der Waals surface area contributed by atoms with Crippen LogP contribution < -0.4 is 5.32 Å². The molecule has 2 aliphatic rings. The van der Waals surface area contributed by atoms with Gasteiger partial charge in [-0.3, -0.25) is 4.79 Å². The highest BCUT2D eigenvalue weighted by Crippen LogP contribution is 2.30. The standard InChI is InChI=1S/C23H21FN4O4S/c24-17-5-1-15(2-6-17)20-26-21(32-27-20)16-3-7-18(8-4-16)33-13-19(29)28-11-9-23(10-12-28)14-25-22(30)31-23/h1-8H,9-14H2,(H,25,30). The van der Waals surface area contributed by atoms with E-state index in [4.69, 9.17) is 9.26 Å². The van der Waals surface area contributed by atoms with E-state index >= 15 is 0 Å². The van der Waals surface area contributed by atoms with E-state index < -0.39 is 5.60 Å². The molecule has 0 atom stereocenters. The number of aromatic nitrogens is 2. The van der Waals surface area contributed by atoms with Crippen molar-refractivity contribution >= 4 is 23.8 Å². The molecule has 2 amide bonds. The van der Waals surface area contributed by atoms with Gasteiger partial charge >= 0.3 is 6.09 Å². The predicted molar refractivity (Wildman–Crippen MR) is 119 cm³/mol. The quantitative estimate of drug-likeness (QED) is 0.570. The number of likely N-dealkylation sites (tertiary alicyclic amines) is 1. The van der Waals surface area contributed by atoms with Gasteiger partial charge in [0.15, 0.2) is 0 Å². The van der Waals surface area contributed by atoms with E-state index in [1.165, 1.54) is 23.9 Å². The van der Waals surface area contributed by atoms with Crippen LogP contribution in [0.5, 0.6) is 0 Å². The van der Waals surface area contributed by atoms with E-state index in [2.05, 4.69) is 15.5 Å². The minimum atomic E-state index is -0.456. The molecule has 0 saturated carbocycles. The van der Waals surface area contributed by atoms with Gasteiger partial charge in [0.25, 0.3) is 5.89 Å². The Kier molecular flexibility index (Phi) is 5.76. The Morgan fingerprint density at radius 1 is 1.09 bits per heavy atom. The third-order valence-electron chi connectivity index (χ3n) is 5.88. The van der Waals surface area contributed by atoms with Crippen molar-refractivity contribution in [3.8, 4) is 22.8 Å². The number of ether oxygens (including phenoxy) is 1. The van der Waals surface area contributed by atoms with E-state index in [-0.39, 0.29) is 17.8 Å². The second-order valence-corrected chi connectivity index (χ2v) is 9.10. The molecule has 8 nitrogen and oxygen atoms in total. The van der Waals surface area contributed by atoms with E-state index in [0.717, 1.165) is 10.5 Å². The molecule has 1 N–H and O–H groups in total. The van der Waals surface area contributed by atoms with Crippen molar-refractivity contribution < 1.29 is 23.2 Å². The molecule has 0 aliphatic carbocycles. The maximum atomic E-state index is 13.1. The molecule has 5 rings (SSSR count). The predicted octanol–water partition coefficient (Wildman–Crippen LogP) is 3.74. The summed E-state index contributed by atoms with van der Waals surface area (Å²) in [6.07, 6.45) is 0.933. The summed E-state index contributed by atoms with van der Waals surface area (Å²) in [6, 6.07) is 13.4. The Morgan fingerprint density at radius 2 is 1.79 bits per heavy atom. The summed E-state index contributed by atoms with van der Waals surface area (Å²) in [7, 11) is 0. The molecule has 3 aromatic rings. The number of halogens is 1. The molecule has 2 saturated heterocycles. The number of piperidine rings is 1. The minimum Gasteiger partial charge on any atom is -0.441 e. The number of rotatable bonds is 5. The normalized spacial score (nSPS) is 17.1. The number of carbonyl (C=O) groups is 2. The van der Waals surface area contributed by atoms with Gasteiger partial charge < -0.3 is 19.5 Å². The van der Waals surface area contributed by atoms with Crippen LogP contribution in [0.25, 0.3) is 22.8 Å². The van der Waals surface area contributed by atoms with Gasteiger partial charge in [-0.05, 0) is 48.5 Å². The lowest BCUT2D eigenvalue weighted by Crippen LogP contribution is -2.49. The molecule has 170 valence electrons. The molecule has 1 spiro atoms. The summed E-state index contributed by atoms with van der Waals surface area (Å²) in [6.45, 7) is 1.68. The molecule has 10 heteroatoms. The van der Waals surface area contributed by atoms with Crippen LogP contribution in [0.3, 0.4) is 0 Å². The highest BCUT2D eigenvalue weighted by atomic mass is 32.2. The van der Waals surface area contributed by atoms with Crippen molar-refractivity contribution in [2.75, 3.05) is 25.4 Å². The zero-order valence-electron chi connectivity index (χ0n) is 17.6. The van der Waals surface area contributed by atoms with Gasteiger partial charge in [-0.2, -0.15) is 4.98 Å². The maximum Gasteiger partial charge on any atom is 0.407 e. The average molecular weight is 469 g/mol. The van der Waals surface area contributed by atoms with Crippen molar-refractivity contribution in [3.05, 3.63) is 54.3 Å². The first-order valence-corrected chi connectivity index (χ1v) is 11.6. The van der Waals surface area contributed by atoms with Gasteiger partial charge in [-0.25, -0.2) is 9.18 Å². The largest absolute Gasteiger partial charge is 0.441 e. The number of benzene rings is 2. The molecule has 3 heterocycles. The Hall–Kier alpha value is -3.40. The number of nitrogens with zero attached hydrogens (tertiary/aromatic N) is 3. The first-order chi connectivity index (χ1) is 16.0. The lowest BCUT2D eigenvalue weighted by Gasteiger charge is -2.37. The fourth-order valence-corrected chi connectivity index (χ4v) is 4.73.